The van der Waals surface area contributed by atoms with Crippen LogP contribution in [-0.2, 0) is 0 Å². The maximum absolute atomic E-state index is 13.5. The van der Waals surface area contributed by atoms with E-state index in [-0.39, 0.29) is 5.56 Å². The van der Waals surface area contributed by atoms with Gasteiger partial charge in [-0.1, -0.05) is 28.1 Å². The highest BCUT2D eigenvalue weighted by Gasteiger charge is 2.29. The van der Waals surface area contributed by atoms with Crippen molar-refractivity contribution in [1.82, 2.24) is 4.57 Å². The average molecular weight is 494 g/mol. The standard InChI is InChI=1S/C25H20BrNO5/c1-31-19-11-5-16(6-12-19)23(28)21-22(15-3-7-17(26)8-4-15)27(25(30)24(21)29)18-9-13-20(32-2)14-10-18/h3-14,29-30H,1-2H3. The normalized spacial score (nSPS) is 10.7. The molecule has 0 saturated carbocycles. The van der Waals surface area contributed by atoms with Crippen molar-refractivity contribution in [2.45, 2.75) is 0 Å². The Bertz CT molecular complexity index is 1260. The minimum Gasteiger partial charge on any atom is -0.503 e. The van der Waals surface area contributed by atoms with Crippen LogP contribution in [0.25, 0.3) is 16.9 Å². The smallest absolute Gasteiger partial charge is 0.240 e. The van der Waals surface area contributed by atoms with Crippen LogP contribution in [0.15, 0.2) is 77.3 Å². The number of aromatic nitrogens is 1. The van der Waals surface area contributed by atoms with Gasteiger partial charge in [0.05, 0.1) is 25.5 Å². The van der Waals surface area contributed by atoms with Crippen molar-refractivity contribution in [2.24, 2.45) is 0 Å². The molecule has 0 aliphatic heterocycles. The number of aromatic hydroxyl groups is 2. The Hall–Kier alpha value is -3.71. The van der Waals surface area contributed by atoms with Gasteiger partial charge < -0.3 is 19.7 Å². The quantitative estimate of drug-likeness (QED) is 0.343. The molecule has 6 nitrogen and oxygen atoms in total. The van der Waals surface area contributed by atoms with Gasteiger partial charge in [-0.2, -0.15) is 0 Å². The number of ketones is 1. The second kappa shape index (κ2) is 8.80. The number of hydrogen-bond acceptors (Lipinski definition) is 5. The van der Waals surface area contributed by atoms with Gasteiger partial charge in [-0.05, 0) is 66.2 Å². The largest absolute Gasteiger partial charge is 0.503 e. The van der Waals surface area contributed by atoms with Crippen LogP contribution in [0.4, 0.5) is 0 Å². The van der Waals surface area contributed by atoms with E-state index >= 15 is 0 Å². The lowest BCUT2D eigenvalue weighted by atomic mass is 9.99. The highest BCUT2D eigenvalue weighted by molar-refractivity contribution is 9.10. The van der Waals surface area contributed by atoms with E-state index in [4.69, 9.17) is 9.47 Å². The highest BCUT2D eigenvalue weighted by atomic mass is 79.9. The van der Waals surface area contributed by atoms with Crippen LogP contribution in [0.5, 0.6) is 23.1 Å². The maximum atomic E-state index is 13.5. The Balaban J connectivity index is 1.96. The SMILES string of the molecule is COc1ccc(C(=O)c2c(O)c(O)n(-c3ccc(OC)cc3)c2-c2ccc(Br)cc2)cc1. The summed E-state index contributed by atoms with van der Waals surface area (Å²) in [7, 11) is 3.11. The van der Waals surface area contributed by atoms with Gasteiger partial charge in [0.1, 0.15) is 11.5 Å². The first-order chi connectivity index (χ1) is 15.4. The van der Waals surface area contributed by atoms with Gasteiger partial charge in [0, 0.05) is 15.7 Å². The molecule has 0 aliphatic carbocycles. The fraction of sp³-hybridized carbons (Fsp3) is 0.0800. The zero-order valence-electron chi connectivity index (χ0n) is 17.4. The van der Waals surface area contributed by atoms with Crippen molar-refractivity contribution in [1.29, 1.82) is 0 Å². The summed E-state index contributed by atoms with van der Waals surface area (Å²) in [6.45, 7) is 0. The first kappa shape index (κ1) is 21.5. The second-order valence-electron chi connectivity index (χ2n) is 6.99. The van der Waals surface area contributed by atoms with Crippen LogP contribution < -0.4 is 9.47 Å². The predicted molar refractivity (Wildman–Crippen MR) is 125 cm³/mol. The Morgan fingerprint density at radius 1 is 0.812 bits per heavy atom. The third-order valence-corrected chi connectivity index (χ3v) is 5.68. The monoisotopic (exact) mass is 493 g/mol. The molecule has 162 valence electrons. The van der Waals surface area contributed by atoms with Crippen molar-refractivity contribution in [2.75, 3.05) is 14.2 Å². The molecule has 0 aliphatic rings. The summed E-state index contributed by atoms with van der Waals surface area (Å²) in [4.78, 5) is 13.5. The first-order valence-electron chi connectivity index (χ1n) is 9.70. The summed E-state index contributed by atoms with van der Waals surface area (Å²) in [6.07, 6.45) is 0. The average Bonchev–Trinajstić information content (AvgIpc) is 3.09. The molecule has 0 spiro atoms. The molecule has 0 bridgehead atoms. The molecule has 0 atom stereocenters. The van der Waals surface area contributed by atoms with Crippen molar-refractivity contribution in [3.8, 4) is 40.1 Å². The number of rotatable bonds is 6. The molecule has 7 heteroatoms. The van der Waals surface area contributed by atoms with Crippen molar-refractivity contribution in [3.63, 3.8) is 0 Å². The molecular formula is C25H20BrNO5. The Kier molecular flexibility index (Phi) is 5.92. The molecule has 0 unspecified atom stereocenters. The molecule has 0 saturated heterocycles. The number of carbonyl (C=O) groups is 1. The molecular weight excluding hydrogens is 474 g/mol. The number of methoxy groups -OCH3 is 2. The molecule has 3 aromatic carbocycles. The van der Waals surface area contributed by atoms with Crippen LogP contribution in [0.1, 0.15) is 15.9 Å². The second-order valence-corrected chi connectivity index (χ2v) is 7.91. The van der Waals surface area contributed by atoms with Gasteiger partial charge in [0.2, 0.25) is 5.88 Å². The van der Waals surface area contributed by atoms with E-state index in [1.165, 1.54) is 4.57 Å². The molecule has 0 radical (unpaired) electrons. The lowest BCUT2D eigenvalue weighted by molar-refractivity contribution is 0.103. The van der Waals surface area contributed by atoms with E-state index in [0.717, 1.165) is 4.47 Å². The summed E-state index contributed by atoms with van der Waals surface area (Å²) >= 11 is 3.42. The Morgan fingerprint density at radius 2 is 1.34 bits per heavy atom. The van der Waals surface area contributed by atoms with Crippen LogP contribution in [0.2, 0.25) is 0 Å². The van der Waals surface area contributed by atoms with Gasteiger partial charge in [0.15, 0.2) is 11.5 Å². The summed E-state index contributed by atoms with van der Waals surface area (Å²) in [6, 6.07) is 20.8. The molecule has 0 fully saturated rings. The number of halogens is 1. The van der Waals surface area contributed by atoms with E-state index in [0.29, 0.717) is 34.0 Å². The number of ether oxygens (including phenoxy) is 2. The highest BCUT2D eigenvalue weighted by Crippen LogP contribution is 2.44. The van der Waals surface area contributed by atoms with Gasteiger partial charge in [-0.25, -0.2) is 0 Å². The third-order valence-electron chi connectivity index (χ3n) is 5.15. The first-order valence-corrected chi connectivity index (χ1v) is 10.5. The number of benzene rings is 3. The van der Waals surface area contributed by atoms with E-state index in [9.17, 15) is 15.0 Å². The van der Waals surface area contributed by atoms with Gasteiger partial charge in [0.25, 0.3) is 0 Å². The van der Waals surface area contributed by atoms with Crippen LogP contribution >= 0.6 is 15.9 Å². The summed E-state index contributed by atoms with van der Waals surface area (Å²) in [5.41, 5.74) is 1.94. The summed E-state index contributed by atoms with van der Waals surface area (Å²) < 4.78 is 12.7. The number of nitrogens with zero attached hydrogens (tertiary/aromatic N) is 1. The minimum absolute atomic E-state index is 0.00538. The van der Waals surface area contributed by atoms with Crippen molar-refractivity contribution < 1.29 is 24.5 Å². The number of carbonyl (C=O) groups excluding carboxylic acids is 1. The summed E-state index contributed by atoms with van der Waals surface area (Å²) in [5.74, 6) is -0.0861. The van der Waals surface area contributed by atoms with Gasteiger partial charge >= 0.3 is 0 Å². The fourth-order valence-electron chi connectivity index (χ4n) is 3.51. The van der Waals surface area contributed by atoms with Gasteiger partial charge in [-0.3, -0.25) is 9.36 Å². The van der Waals surface area contributed by atoms with Crippen molar-refractivity contribution in [3.05, 3.63) is 88.4 Å². The molecule has 1 heterocycles. The maximum Gasteiger partial charge on any atom is 0.240 e. The van der Waals surface area contributed by atoms with Crippen LogP contribution in [0.3, 0.4) is 0 Å². The molecule has 2 N–H and O–H groups in total. The minimum atomic E-state index is -0.487. The third kappa shape index (κ3) is 3.83. The molecule has 1 aromatic heterocycles. The van der Waals surface area contributed by atoms with Crippen LogP contribution in [0, 0.1) is 0 Å². The van der Waals surface area contributed by atoms with E-state index < -0.39 is 17.4 Å². The molecule has 4 rings (SSSR count). The lowest BCUT2D eigenvalue weighted by Gasteiger charge is -2.13. The summed E-state index contributed by atoms with van der Waals surface area (Å²) in [5, 5.41) is 21.7. The Morgan fingerprint density at radius 3 is 1.88 bits per heavy atom. The van der Waals surface area contributed by atoms with Gasteiger partial charge in [-0.15, -0.1) is 0 Å². The Labute approximate surface area is 193 Å². The zero-order chi connectivity index (χ0) is 22.8. The lowest BCUT2D eigenvalue weighted by Crippen LogP contribution is -2.05. The van der Waals surface area contributed by atoms with E-state index in [1.54, 1.807) is 62.8 Å². The number of hydrogen-bond donors (Lipinski definition) is 2. The zero-order valence-corrected chi connectivity index (χ0v) is 19.0. The topological polar surface area (TPSA) is 80.9 Å². The van der Waals surface area contributed by atoms with E-state index in [2.05, 4.69) is 15.9 Å². The fourth-order valence-corrected chi connectivity index (χ4v) is 3.78. The van der Waals surface area contributed by atoms with Crippen molar-refractivity contribution >= 4 is 21.7 Å². The molecule has 0 amide bonds. The van der Waals surface area contributed by atoms with Crippen LogP contribution in [-0.4, -0.2) is 34.8 Å². The molecule has 32 heavy (non-hydrogen) atoms. The molecule has 4 aromatic rings. The van der Waals surface area contributed by atoms with E-state index in [1.807, 2.05) is 24.3 Å². The predicted octanol–water partition coefficient (Wildman–Crippen LogP) is 5.57.